The van der Waals surface area contributed by atoms with Gasteiger partial charge in [-0.2, -0.15) is 0 Å². The van der Waals surface area contributed by atoms with Crippen molar-refractivity contribution in [3.63, 3.8) is 0 Å². The van der Waals surface area contributed by atoms with Crippen LogP contribution in [0.1, 0.15) is 76.1 Å². The first kappa shape index (κ1) is 24.4. The van der Waals surface area contributed by atoms with Crippen LogP contribution < -0.4 is 4.74 Å². The lowest BCUT2D eigenvalue weighted by molar-refractivity contribution is -0.168. The Morgan fingerprint density at radius 3 is 2.21 bits per heavy atom. The van der Waals surface area contributed by atoms with E-state index in [1.165, 1.54) is 12.1 Å². The molecule has 1 aromatic rings. The molecule has 156 valence electrons. The zero-order valence-corrected chi connectivity index (χ0v) is 18.2. The molecule has 0 aliphatic heterocycles. The topological polar surface area (TPSA) is 69.7 Å². The fourth-order valence-corrected chi connectivity index (χ4v) is 3.43. The number of carbonyl (C=O) groups excluding carboxylic acids is 3. The molecule has 0 N–H and O–H groups in total. The number of unbranched alkanes of at least 4 members (excludes halogenated alkanes) is 4. The number of rotatable bonds is 12. The molecule has 0 heterocycles. The van der Waals surface area contributed by atoms with E-state index in [1.807, 2.05) is 0 Å². The van der Waals surface area contributed by atoms with E-state index in [2.05, 4.69) is 6.92 Å². The van der Waals surface area contributed by atoms with Gasteiger partial charge in [0.05, 0.1) is 17.2 Å². The Morgan fingerprint density at radius 2 is 1.64 bits per heavy atom. The molecule has 5 nitrogen and oxygen atoms in total. The van der Waals surface area contributed by atoms with Crippen molar-refractivity contribution < 1.29 is 23.9 Å². The molecule has 0 aliphatic rings. The first-order valence-corrected chi connectivity index (χ1v) is 10.5. The number of carbonyl (C=O) groups is 3. The SMILES string of the molecule is CCCCCCCOC(=O)C(CC)(CC)C(=O)Oc1c(Cl)cc(Cl)cc1C=O. The number of benzene rings is 1. The number of ether oxygens (including phenoxy) is 2. The summed E-state index contributed by atoms with van der Waals surface area (Å²) in [4.78, 5) is 36.9. The number of aldehydes is 1. The Labute approximate surface area is 176 Å². The number of hydrogen-bond donors (Lipinski definition) is 0. The van der Waals surface area contributed by atoms with E-state index in [4.69, 9.17) is 32.7 Å². The van der Waals surface area contributed by atoms with Crippen molar-refractivity contribution in [1.82, 2.24) is 0 Å². The molecule has 0 fully saturated rings. The largest absolute Gasteiger partial charge is 0.465 e. The molecule has 0 atom stereocenters. The van der Waals surface area contributed by atoms with Gasteiger partial charge >= 0.3 is 11.9 Å². The third-order valence-electron chi connectivity index (χ3n) is 4.83. The van der Waals surface area contributed by atoms with E-state index in [9.17, 15) is 14.4 Å². The summed E-state index contributed by atoms with van der Waals surface area (Å²) in [5.74, 6) is -1.51. The molecule has 0 amide bonds. The van der Waals surface area contributed by atoms with Crippen LogP contribution in [0.15, 0.2) is 12.1 Å². The predicted molar refractivity (Wildman–Crippen MR) is 110 cm³/mol. The second-order valence-corrected chi connectivity index (χ2v) is 7.50. The predicted octanol–water partition coefficient (Wildman–Crippen LogP) is 6.03. The number of esters is 2. The molecule has 0 spiro atoms. The molecule has 28 heavy (non-hydrogen) atoms. The van der Waals surface area contributed by atoms with Gasteiger partial charge in [-0.3, -0.25) is 14.4 Å². The van der Waals surface area contributed by atoms with Crippen LogP contribution in [-0.4, -0.2) is 24.8 Å². The first-order valence-electron chi connectivity index (χ1n) is 9.69. The zero-order valence-electron chi connectivity index (χ0n) is 16.7. The molecule has 0 aromatic heterocycles. The average Bonchev–Trinajstić information content (AvgIpc) is 2.67. The van der Waals surface area contributed by atoms with Gasteiger partial charge < -0.3 is 9.47 Å². The van der Waals surface area contributed by atoms with Gasteiger partial charge in [0.25, 0.3) is 0 Å². The van der Waals surface area contributed by atoms with Gasteiger partial charge in [0, 0.05) is 5.02 Å². The molecule has 0 saturated carbocycles. The van der Waals surface area contributed by atoms with E-state index in [-0.39, 0.29) is 40.8 Å². The van der Waals surface area contributed by atoms with Crippen LogP contribution >= 0.6 is 23.2 Å². The standard InChI is InChI=1S/C21H28Cl2O5/c1-4-7-8-9-10-11-27-19(25)21(5-2,6-3)20(26)28-18-15(14-24)12-16(22)13-17(18)23/h12-14H,4-11H2,1-3H3. The van der Waals surface area contributed by atoms with E-state index in [0.717, 1.165) is 32.1 Å². The highest BCUT2D eigenvalue weighted by molar-refractivity contribution is 6.36. The molecule has 0 radical (unpaired) electrons. The van der Waals surface area contributed by atoms with E-state index in [1.54, 1.807) is 13.8 Å². The summed E-state index contributed by atoms with van der Waals surface area (Å²) in [5.41, 5.74) is -1.41. The van der Waals surface area contributed by atoms with Gasteiger partial charge in [-0.25, -0.2) is 0 Å². The minimum atomic E-state index is -1.45. The number of hydrogen-bond acceptors (Lipinski definition) is 5. The Kier molecular flexibility index (Phi) is 10.5. The first-order chi connectivity index (χ1) is 13.4. The molecule has 0 unspecified atom stereocenters. The second kappa shape index (κ2) is 12.1. The molecular weight excluding hydrogens is 403 g/mol. The minimum Gasteiger partial charge on any atom is -0.465 e. The van der Waals surface area contributed by atoms with Gasteiger partial charge in [-0.1, -0.05) is 69.7 Å². The van der Waals surface area contributed by atoms with Crippen LogP contribution in [0.25, 0.3) is 0 Å². The summed E-state index contributed by atoms with van der Waals surface area (Å²) < 4.78 is 10.8. The average molecular weight is 431 g/mol. The smallest absolute Gasteiger partial charge is 0.328 e. The molecule has 7 heteroatoms. The van der Waals surface area contributed by atoms with Gasteiger partial charge in [0.2, 0.25) is 0 Å². The molecule has 1 aromatic carbocycles. The summed E-state index contributed by atoms with van der Waals surface area (Å²) in [6, 6.07) is 2.71. The monoisotopic (exact) mass is 430 g/mol. The van der Waals surface area contributed by atoms with Crippen molar-refractivity contribution in [1.29, 1.82) is 0 Å². The van der Waals surface area contributed by atoms with E-state index >= 15 is 0 Å². The fraction of sp³-hybridized carbons (Fsp3) is 0.571. The Balaban J connectivity index is 2.90. The van der Waals surface area contributed by atoms with Crippen LogP contribution in [0.3, 0.4) is 0 Å². The Bertz CT molecular complexity index is 684. The van der Waals surface area contributed by atoms with Crippen LogP contribution in [0.2, 0.25) is 10.0 Å². The van der Waals surface area contributed by atoms with E-state index in [0.29, 0.717) is 6.29 Å². The van der Waals surface area contributed by atoms with Crippen molar-refractivity contribution in [2.75, 3.05) is 6.61 Å². The summed E-state index contributed by atoms with van der Waals surface area (Å²) in [5, 5.41) is 0.264. The molecule has 0 bridgehead atoms. The lowest BCUT2D eigenvalue weighted by atomic mass is 9.82. The zero-order chi connectivity index (χ0) is 21.2. The minimum absolute atomic E-state index is 0.0216. The third kappa shape index (κ3) is 6.21. The summed E-state index contributed by atoms with van der Waals surface area (Å²) in [6.45, 7) is 5.83. The van der Waals surface area contributed by atoms with Gasteiger partial charge in [-0.15, -0.1) is 0 Å². The van der Waals surface area contributed by atoms with Crippen LogP contribution in [0.5, 0.6) is 5.75 Å². The maximum absolute atomic E-state index is 12.9. The summed E-state index contributed by atoms with van der Waals surface area (Å²) in [7, 11) is 0. The molecule has 0 saturated heterocycles. The number of halogens is 2. The Morgan fingerprint density at radius 1 is 1.00 bits per heavy atom. The highest BCUT2D eigenvalue weighted by Crippen LogP contribution is 2.36. The summed E-state index contributed by atoms with van der Waals surface area (Å²) in [6.07, 6.45) is 6.01. The van der Waals surface area contributed by atoms with Gasteiger partial charge in [0.1, 0.15) is 0 Å². The second-order valence-electron chi connectivity index (χ2n) is 6.65. The third-order valence-corrected chi connectivity index (χ3v) is 5.33. The molecule has 0 aliphatic carbocycles. The maximum atomic E-state index is 12.9. The van der Waals surface area contributed by atoms with Gasteiger partial charge in [-0.05, 0) is 31.4 Å². The lowest BCUT2D eigenvalue weighted by Gasteiger charge is -2.27. The Hall–Kier alpha value is -1.59. The normalized spacial score (nSPS) is 11.2. The van der Waals surface area contributed by atoms with Crippen molar-refractivity contribution >= 4 is 41.4 Å². The lowest BCUT2D eigenvalue weighted by Crippen LogP contribution is -2.42. The van der Waals surface area contributed by atoms with Crippen molar-refractivity contribution in [2.45, 2.75) is 65.7 Å². The van der Waals surface area contributed by atoms with Gasteiger partial charge in [0.15, 0.2) is 17.5 Å². The summed E-state index contributed by atoms with van der Waals surface area (Å²) >= 11 is 12.0. The van der Waals surface area contributed by atoms with Crippen LogP contribution in [-0.2, 0) is 14.3 Å². The van der Waals surface area contributed by atoms with E-state index < -0.39 is 17.4 Å². The fourth-order valence-electron chi connectivity index (χ4n) is 2.89. The van der Waals surface area contributed by atoms with Crippen molar-refractivity contribution in [3.8, 4) is 5.75 Å². The van der Waals surface area contributed by atoms with Crippen molar-refractivity contribution in [3.05, 3.63) is 27.7 Å². The highest BCUT2D eigenvalue weighted by atomic mass is 35.5. The van der Waals surface area contributed by atoms with Crippen molar-refractivity contribution in [2.24, 2.45) is 5.41 Å². The van der Waals surface area contributed by atoms with Crippen LogP contribution in [0, 0.1) is 5.41 Å². The van der Waals surface area contributed by atoms with Crippen LogP contribution in [0.4, 0.5) is 0 Å². The maximum Gasteiger partial charge on any atom is 0.328 e. The quantitative estimate of drug-likeness (QED) is 0.133. The molecular formula is C21H28Cl2O5. The molecule has 1 rings (SSSR count). The highest BCUT2D eigenvalue weighted by Gasteiger charge is 2.46.